The van der Waals surface area contributed by atoms with Crippen LogP contribution >= 0.6 is 12.2 Å². The molecule has 2 heterocycles. The van der Waals surface area contributed by atoms with E-state index < -0.39 is 0 Å². The van der Waals surface area contributed by atoms with E-state index in [-0.39, 0.29) is 5.91 Å². The molecule has 1 aromatic heterocycles. The number of carbonyl (C=O) groups excluding carboxylic acids is 1. The number of rotatable bonds is 4. The van der Waals surface area contributed by atoms with Gasteiger partial charge in [-0.05, 0) is 56.6 Å². The van der Waals surface area contributed by atoms with Crippen molar-refractivity contribution in [1.82, 2.24) is 19.7 Å². The zero-order chi connectivity index (χ0) is 18.0. The number of nitrogens with one attached hydrogen (secondary N) is 1. The second-order valence-electron chi connectivity index (χ2n) is 6.38. The van der Waals surface area contributed by atoms with Crippen molar-refractivity contribution in [2.45, 2.75) is 39.2 Å². The number of benzene rings is 1. The molecule has 1 saturated heterocycles. The lowest BCUT2D eigenvalue weighted by atomic mass is 9.95. The number of nitrogens with zero attached hydrogens (tertiary/aromatic N) is 3. The van der Waals surface area contributed by atoms with Crippen molar-refractivity contribution in [3.05, 3.63) is 39.9 Å². The van der Waals surface area contributed by atoms with E-state index in [1.165, 1.54) is 0 Å². The molecule has 1 aliphatic rings. The Kier molecular flexibility index (Phi) is 5.22. The van der Waals surface area contributed by atoms with Gasteiger partial charge in [-0.15, -0.1) is 0 Å². The van der Waals surface area contributed by atoms with Gasteiger partial charge in [-0.2, -0.15) is 5.10 Å². The van der Waals surface area contributed by atoms with Gasteiger partial charge >= 0.3 is 0 Å². The smallest absolute Gasteiger partial charge is 0.253 e. The summed E-state index contributed by atoms with van der Waals surface area (Å²) in [6.07, 6.45) is 1.79. The molecule has 0 unspecified atom stereocenters. The zero-order valence-electron chi connectivity index (χ0n) is 14.9. The van der Waals surface area contributed by atoms with Crippen LogP contribution in [0.25, 0.3) is 0 Å². The van der Waals surface area contributed by atoms with E-state index in [1.807, 2.05) is 34.6 Å². The maximum atomic E-state index is 12.8. The second-order valence-corrected chi connectivity index (χ2v) is 6.77. The molecule has 1 N–H and O–H groups in total. The Labute approximate surface area is 152 Å². The molecule has 1 aromatic carbocycles. The molecule has 2 aromatic rings. The number of hydrogen-bond acceptors (Lipinski definition) is 4. The Bertz CT molecular complexity index is 819. The summed E-state index contributed by atoms with van der Waals surface area (Å²) in [5.74, 6) is 2.16. The fourth-order valence-electron chi connectivity index (χ4n) is 3.42. The summed E-state index contributed by atoms with van der Waals surface area (Å²) in [6, 6.07) is 5.62. The first-order valence-corrected chi connectivity index (χ1v) is 9.05. The van der Waals surface area contributed by atoms with E-state index in [0.29, 0.717) is 16.3 Å². The van der Waals surface area contributed by atoms with Gasteiger partial charge in [-0.1, -0.05) is 6.07 Å². The molecule has 0 spiro atoms. The molecule has 1 aliphatic heterocycles. The van der Waals surface area contributed by atoms with Crippen molar-refractivity contribution in [1.29, 1.82) is 0 Å². The minimum absolute atomic E-state index is 0.0612. The average Bonchev–Trinajstić information content (AvgIpc) is 3.02. The molecule has 0 atom stereocenters. The number of likely N-dealkylation sites (tertiary alicyclic amines) is 1. The minimum atomic E-state index is 0.0612. The molecular weight excluding hydrogens is 336 g/mol. The molecule has 0 radical (unpaired) electrons. The molecule has 1 fully saturated rings. The summed E-state index contributed by atoms with van der Waals surface area (Å²) in [6.45, 7) is 6.30. The summed E-state index contributed by atoms with van der Waals surface area (Å²) in [7, 11) is 1.63. The highest BCUT2D eigenvalue weighted by Crippen LogP contribution is 2.28. The monoisotopic (exact) mass is 360 g/mol. The topological polar surface area (TPSA) is 63.1 Å². The minimum Gasteiger partial charge on any atom is -0.496 e. The predicted molar refractivity (Wildman–Crippen MR) is 98.7 cm³/mol. The van der Waals surface area contributed by atoms with Crippen LogP contribution in [0.2, 0.25) is 0 Å². The van der Waals surface area contributed by atoms with Crippen LogP contribution in [0.4, 0.5) is 0 Å². The summed E-state index contributed by atoms with van der Waals surface area (Å²) < 4.78 is 8.04. The van der Waals surface area contributed by atoms with Gasteiger partial charge < -0.3 is 14.2 Å². The van der Waals surface area contributed by atoms with Gasteiger partial charge in [0.25, 0.3) is 5.91 Å². The van der Waals surface area contributed by atoms with Crippen molar-refractivity contribution >= 4 is 18.1 Å². The molecule has 25 heavy (non-hydrogen) atoms. The number of aryl methyl sites for hydroxylation is 1. The van der Waals surface area contributed by atoms with Crippen LogP contribution in [-0.4, -0.2) is 45.8 Å². The fraction of sp³-hybridized carbons (Fsp3) is 0.500. The summed E-state index contributed by atoms with van der Waals surface area (Å²) in [4.78, 5) is 14.7. The Morgan fingerprint density at radius 2 is 2.12 bits per heavy atom. The Morgan fingerprint density at radius 1 is 1.40 bits per heavy atom. The molecule has 6 nitrogen and oxygen atoms in total. The number of aromatic amines is 1. The molecule has 0 saturated carbocycles. The Balaban J connectivity index is 1.69. The third kappa shape index (κ3) is 3.46. The van der Waals surface area contributed by atoms with Crippen molar-refractivity contribution < 1.29 is 9.53 Å². The highest BCUT2D eigenvalue weighted by atomic mass is 32.1. The first-order valence-electron chi connectivity index (χ1n) is 8.64. The first kappa shape index (κ1) is 17.7. The third-order valence-electron chi connectivity index (χ3n) is 4.91. The van der Waals surface area contributed by atoms with E-state index in [2.05, 4.69) is 17.1 Å². The summed E-state index contributed by atoms with van der Waals surface area (Å²) in [5.41, 5.74) is 1.71. The first-order chi connectivity index (χ1) is 12.0. The van der Waals surface area contributed by atoms with Crippen molar-refractivity contribution in [3.63, 3.8) is 0 Å². The highest BCUT2D eigenvalue weighted by Gasteiger charge is 2.27. The van der Waals surface area contributed by atoms with Gasteiger partial charge in [0, 0.05) is 31.1 Å². The molecule has 7 heteroatoms. The van der Waals surface area contributed by atoms with Crippen LogP contribution in [0.5, 0.6) is 5.75 Å². The normalized spacial score (nSPS) is 15.4. The van der Waals surface area contributed by atoms with Crippen LogP contribution in [0.3, 0.4) is 0 Å². The SMILES string of the molecule is CCn1c(C2CCN(C(=O)c3ccc(C)c(OC)c3)CC2)n[nH]c1=S. The van der Waals surface area contributed by atoms with Crippen LogP contribution < -0.4 is 4.74 Å². The third-order valence-corrected chi connectivity index (χ3v) is 5.22. The number of piperidine rings is 1. The second kappa shape index (κ2) is 7.39. The summed E-state index contributed by atoms with van der Waals surface area (Å²) >= 11 is 5.27. The van der Waals surface area contributed by atoms with Gasteiger partial charge in [0.15, 0.2) is 4.77 Å². The largest absolute Gasteiger partial charge is 0.496 e. The van der Waals surface area contributed by atoms with Crippen molar-refractivity contribution in [3.8, 4) is 5.75 Å². The molecule has 134 valence electrons. The van der Waals surface area contributed by atoms with Crippen LogP contribution in [-0.2, 0) is 6.54 Å². The van der Waals surface area contributed by atoms with Crippen molar-refractivity contribution in [2.24, 2.45) is 0 Å². The molecule has 0 aliphatic carbocycles. The predicted octanol–water partition coefficient (Wildman–Crippen LogP) is 3.30. The number of methoxy groups -OCH3 is 1. The zero-order valence-corrected chi connectivity index (χ0v) is 15.7. The van der Waals surface area contributed by atoms with E-state index in [9.17, 15) is 4.79 Å². The molecule has 1 amide bonds. The van der Waals surface area contributed by atoms with Gasteiger partial charge in [0.1, 0.15) is 11.6 Å². The Hall–Kier alpha value is -2.15. The number of hydrogen-bond donors (Lipinski definition) is 1. The average molecular weight is 360 g/mol. The van der Waals surface area contributed by atoms with Gasteiger partial charge in [-0.25, -0.2) is 0 Å². The van der Waals surface area contributed by atoms with Crippen molar-refractivity contribution in [2.75, 3.05) is 20.2 Å². The standard InChI is InChI=1S/C18H24N4O2S/c1-4-22-16(19-20-18(22)25)13-7-9-21(10-8-13)17(23)14-6-5-12(2)15(11-14)24-3/h5-6,11,13H,4,7-10H2,1-3H3,(H,20,25). The maximum Gasteiger partial charge on any atom is 0.253 e. The van der Waals surface area contributed by atoms with E-state index in [1.54, 1.807) is 7.11 Å². The quantitative estimate of drug-likeness (QED) is 0.850. The lowest BCUT2D eigenvalue weighted by Gasteiger charge is -2.31. The highest BCUT2D eigenvalue weighted by molar-refractivity contribution is 7.71. The van der Waals surface area contributed by atoms with E-state index >= 15 is 0 Å². The fourth-order valence-corrected chi connectivity index (χ4v) is 3.69. The number of carbonyl (C=O) groups is 1. The summed E-state index contributed by atoms with van der Waals surface area (Å²) in [5, 5.41) is 7.28. The van der Waals surface area contributed by atoms with Gasteiger partial charge in [0.05, 0.1) is 7.11 Å². The number of amides is 1. The lowest BCUT2D eigenvalue weighted by molar-refractivity contribution is 0.0710. The molecular formula is C18H24N4O2S. The lowest BCUT2D eigenvalue weighted by Crippen LogP contribution is -2.38. The van der Waals surface area contributed by atoms with E-state index in [4.69, 9.17) is 17.0 Å². The van der Waals surface area contributed by atoms with Crippen LogP contribution in [0, 0.1) is 11.7 Å². The van der Waals surface area contributed by atoms with E-state index in [0.717, 1.165) is 49.6 Å². The Morgan fingerprint density at radius 3 is 2.76 bits per heavy atom. The van der Waals surface area contributed by atoms with Crippen LogP contribution in [0.1, 0.15) is 47.4 Å². The van der Waals surface area contributed by atoms with Gasteiger partial charge in [-0.3, -0.25) is 9.89 Å². The number of ether oxygens (including phenoxy) is 1. The number of H-pyrrole nitrogens is 1. The maximum absolute atomic E-state index is 12.8. The molecule has 0 bridgehead atoms. The van der Waals surface area contributed by atoms with Crippen LogP contribution in [0.15, 0.2) is 18.2 Å². The number of aromatic nitrogens is 3. The van der Waals surface area contributed by atoms with Gasteiger partial charge in [0.2, 0.25) is 0 Å². The molecule has 3 rings (SSSR count).